The van der Waals surface area contributed by atoms with Crippen LogP contribution in [0.3, 0.4) is 0 Å². The van der Waals surface area contributed by atoms with Crippen LogP contribution >= 0.6 is 0 Å². The zero-order chi connectivity index (χ0) is 13.6. The summed E-state index contributed by atoms with van der Waals surface area (Å²) < 4.78 is 9.75. The van der Waals surface area contributed by atoms with Crippen LogP contribution in [0.4, 0.5) is 0 Å². The van der Waals surface area contributed by atoms with E-state index in [0.717, 1.165) is 18.6 Å². The number of ether oxygens (including phenoxy) is 2. The van der Waals surface area contributed by atoms with Gasteiger partial charge < -0.3 is 14.8 Å². The van der Waals surface area contributed by atoms with Crippen LogP contribution in [0.25, 0.3) is 0 Å². The minimum Gasteiger partial charge on any atom is -0.497 e. The molecule has 1 amide bonds. The summed E-state index contributed by atoms with van der Waals surface area (Å²) in [5.41, 5.74) is 1.35. The van der Waals surface area contributed by atoms with Crippen molar-refractivity contribution in [1.29, 1.82) is 0 Å². The molecule has 0 fully saturated rings. The second-order valence-corrected chi connectivity index (χ2v) is 3.62. The first-order valence-corrected chi connectivity index (χ1v) is 6.07. The molecule has 0 atom stereocenters. The van der Waals surface area contributed by atoms with E-state index >= 15 is 0 Å². The predicted octanol–water partition coefficient (Wildman–Crippen LogP) is 2.03. The first-order valence-electron chi connectivity index (χ1n) is 6.07. The molecule has 0 saturated heterocycles. The summed E-state index contributed by atoms with van der Waals surface area (Å²) in [6.45, 7) is 3.56. The van der Waals surface area contributed by atoms with Gasteiger partial charge in [-0.1, -0.05) is 19.1 Å². The zero-order valence-corrected chi connectivity index (χ0v) is 11.4. The molecule has 0 aromatic heterocycles. The summed E-state index contributed by atoms with van der Waals surface area (Å²) in [6, 6.07) is 8.13. The number of rotatable bonds is 7. The maximum atomic E-state index is 9.62. The molecule has 0 unspecified atom stereocenters. The lowest BCUT2D eigenvalue weighted by Gasteiger charge is -1.99. The molecular formula is C14H23NO3. The molecular weight excluding hydrogens is 230 g/mol. The topological polar surface area (TPSA) is 47.6 Å². The molecule has 0 heterocycles. The van der Waals surface area contributed by atoms with E-state index in [2.05, 4.69) is 24.4 Å². The van der Waals surface area contributed by atoms with Crippen molar-refractivity contribution in [3.05, 3.63) is 29.8 Å². The van der Waals surface area contributed by atoms with E-state index in [1.54, 1.807) is 14.2 Å². The van der Waals surface area contributed by atoms with E-state index in [1.165, 1.54) is 5.56 Å². The van der Waals surface area contributed by atoms with Gasteiger partial charge in [-0.2, -0.15) is 0 Å². The number of benzene rings is 1. The third kappa shape index (κ3) is 8.58. The lowest BCUT2D eigenvalue weighted by atomic mass is 10.2. The highest BCUT2D eigenvalue weighted by Gasteiger charge is 1.89. The lowest BCUT2D eigenvalue weighted by molar-refractivity contribution is -0.109. The summed E-state index contributed by atoms with van der Waals surface area (Å²) in [4.78, 5) is 9.62. The molecule has 1 rings (SSSR count). The molecule has 4 heteroatoms. The zero-order valence-electron chi connectivity index (χ0n) is 11.4. The van der Waals surface area contributed by atoms with Crippen LogP contribution in [-0.2, 0) is 16.0 Å². The fourth-order valence-electron chi connectivity index (χ4n) is 1.24. The Hall–Kier alpha value is -1.55. The van der Waals surface area contributed by atoms with Crippen molar-refractivity contribution in [2.24, 2.45) is 0 Å². The first kappa shape index (κ1) is 16.4. The highest BCUT2D eigenvalue weighted by atomic mass is 16.5. The Morgan fingerprint density at radius 2 is 1.89 bits per heavy atom. The van der Waals surface area contributed by atoms with Crippen molar-refractivity contribution >= 4 is 6.41 Å². The summed E-state index contributed by atoms with van der Waals surface area (Å²) >= 11 is 0. The van der Waals surface area contributed by atoms with Gasteiger partial charge in [0, 0.05) is 20.3 Å². The Balaban J connectivity index is 0.000000331. The minimum absolute atomic E-state index is 0.690. The van der Waals surface area contributed by atoms with E-state index in [1.807, 2.05) is 12.1 Å². The lowest BCUT2D eigenvalue weighted by Crippen LogP contribution is -2.13. The van der Waals surface area contributed by atoms with Crippen molar-refractivity contribution in [3.8, 4) is 5.75 Å². The van der Waals surface area contributed by atoms with E-state index in [4.69, 9.17) is 9.47 Å². The van der Waals surface area contributed by atoms with Gasteiger partial charge in [-0.3, -0.25) is 4.79 Å². The van der Waals surface area contributed by atoms with Gasteiger partial charge in [0.1, 0.15) is 5.75 Å². The van der Waals surface area contributed by atoms with Crippen molar-refractivity contribution in [2.75, 3.05) is 27.4 Å². The molecule has 0 aliphatic rings. The van der Waals surface area contributed by atoms with Gasteiger partial charge >= 0.3 is 0 Å². The second-order valence-electron chi connectivity index (χ2n) is 3.62. The highest BCUT2D eigenvalue weighted by molar-refractivity contribution is 5.45. The number of nitrogens with one attached hydrogen (secondary N) is 1. The van der Waals surface area contributed by atoms with Crippen molar-refractivity contribution < 1.29 is 14.3 Å². The summed E-state index contributed by atoms with van der Waals surface area (Å²) in [7, 11) is 3.32. The minimum atomic E-state index is 0.690. The standard InChI is InChI=1S/C9H12O.C5H11NO2/c1-3-8-4-6-9(10-2)7-5-8;1-8-4-2-3-6-5-7/h4-7H,3H2,1-2H3;5H,2-4H2,1H3,(H,6,7). The van der Waals surface area contributed by atoms with Crippen molar-refractivity contribution in [1.82, 2.24) is 5.32 Å². The molecule has 4 nitrogen and oxygen atoms in total. The average molecular weight is 253 g/mol. The second kappa shape index (κ2) is 11.9. The summed E-state index contributed by atoms with van der Waals surface area (Å²) in [5, 5.41) is 2.52. The number of carbonyl (C=O) groups is 1. The Labute approximate surface area is 109 Å². The fourth-order valence-corrected chi connectivity index (χ4v) is 1.24. The first-order chi connectivity index (χ1) is 8.78. The molecule has 0 bridgehead atoms. The molecule has 0 spiro atoms. The molecule has 102 valence electrons. The van der Waals surface area contributed by atoms with E-state index in [-0.39, 0.29) is 0 Å². The van der Waals surface area contributed by atoms with Crippen LogP contribution in [0.5, 0.6) is 5.75 Å². The van der Waals surface area contributed by atoms with Crippen LogP contribution in [0, 0.1) is 0 Å². The fraction of sp³-hybridized carbons (Fsp3) is 0.500. The van der Waals surface area contributed by atoms with Gasteiger partial charge in [-0.05, 0) is 30.5 Å². The normalized spacial score (nSPS) is 9.06. The van der Waals surface area contributed by atoms with Crippen LogP contribution in [-0.4, -0.2) is 33.8 Å². The summed E-state index contributed by atoms with van der Waals surface area (Å²) in [5.74, 6) is 0.928. The molecule has 1 aromatic carbocycles. The Bertz CT molecular complexity index is 275. The van der Waals surface area contributed by atoms with Gasteiger partial charge in [-0.15, -0.1) is 0 Å². The van der Waals surface area contributed by atoms with E-state index in [9.17, 15) is 4.79 Å². The maximum absolute atomic E-state index is 9.62. The SMILES string of the molecule is CCc1ccc(OC)cc1.COCCCNC=O. The maximum Gasteiger partial charge on any atom is 0.207 e. The number of hydrogen-bond donors (Lipinski definition) is 1. The largest absolute Gasteiger partial charge is 0.497 e. The Kier molecular flexibility index (Phi) is 10.9. The third-order valence-electron chi connectivity index (χ3n) is 2.32. The van der Waals surface area contributed by atoms with Gasteiger partial charge in [0.2, 0.25) is 6.41 Å². The molecule has 1 aromatic rings. The smallest absolute Gasteiger partial charge is 0.207 e. The third-order valence-corrected chi connectivity index (χ3v) is 2.32. The molecule has 0 radical (unpaired) electrons. The van der Waals surface area contributed by atoms with Gasteiger partial charge in [-0.25, -0.2) is 0 Å². The molecule has 0 aliphatic carbocycles. The Morgan fingerprint density at radius 3 is 2.33 bits per heavy atom. The highest BCUT2D eigenvalue weighted by Crippen LogP contribution is 2.10. The number of carbonyl (C=O) groups excluding carboxylic acids is 1. The number of hydrogen-bond acceptors (Lipinski definition) is 3. The predicted molar refractivity (Wildman–Crippen MR) is 72.9 cm³/mol. The van der Waals surface area contributed by atoms with Gasteiger partial charge in [0.25, 0.3) is 0 Å². The molecule has 0 saturated carbocycles. The average Bonchev–Trinajstić information content (AvgIpc) is 2.44. The van der Waals surface area contributed by atoms with Crippen molar-refractivity contribution in [3.63, 3.8) is 0 Å². The molecule has 0 aliphatic heterocycles. The number of methoxy groups -OCH3 is 2. The van der Waals surface area contributed by atoms with Crippen LogP contribution < -0.4 is 10.1 Å². The van der Waals surface area contributed by atoms with E-state index < -0.39 is 0 Å². The molecule has 18 heavy (non-hydrogen) atoms. The van der Waals surface area contributed by atoms with E-state index in [0.29, 0.717) is 19.6 Å². The van der Waals surface area contributed by atoms with Crippen LogP contribution in [0.2, 0.25) is 0 Å². The van der Waals surface area contributed by atoms with Gasteiger partial charge in [0.05, 0.1) is 7.11 Å². The number of aryl methyl sites for hydroxylation is 1. The van der Waals surface area contributed by atoms with Crippen LogP contribution in [0.15, 0.2) is 24.3 Å². The molecule has 1 N–H and O–H groups in total. The van der Waals surface area contributed by atoms with Crippen molar-refractivity contribution in [2.45, 2.75) is 19.8 Å². The van der Waals surface area contributed by atoms with Crippen LogP contribution in [0.1, 0.15) is 18.9 Å². The quantitative estimate of drug-likeness (QED) is 0.597. The van der Waals surface area contributed by atoms with Gasteiger partial charge in [0.15, 0.2) is 0 Å². The number of amides is 1. The summed E-state index contributed by atoms with van der Waals surface area (Å²) in [6.07, 6.45) is 2.66. The monoisotopic (exact) mass is 253 g/mol. The Morgan fingerprint density at radius 1 is 1.22 bits per heavy atom.